The molecule has 126 valence electrons. The van der Waals surface area contributed by atoms with Crippen LogP contribution in [-0.2, 0) is 27.9 Å². The van der Waals surface area contributed by atoms with Crippen LogP contribution < -0.4 is 4.18 Å². The van der Waals surface area contributed by atoms with E-state index < -0.39 is 32.7 Å². The highest BCUT2D eigenvalue weighted by Crippen LogP contribution is 2.37. The van der Waals surface area contributed by atoms with Gasteiger partial charge in [0.2, 0.25) is 0 Å². The third kappa shape index (κ3) is 3.36. The van der Waals surface area contributed by atoms with E-state index in [0.717, 1.165) is 0 Å². The number of aromatic nitrogens is 1. The van der Waals surface area contributed by atoms with E-state index in [1.165, 1.54) is 6.07 Å². The van der Waals surface area contributed by atoms with Crippen LogP contribution in [0.5, 0.6) is 5.88 Å². The van der Waals surface area contributed by atoms with Gasteiger partial charge in [-0.25, -0.2) is 4.98 Å². The van der Waals surface area contributed by atoms with Crippen LogP contribution in [0.1, 0.15) is 30.7 Å². The van der Waals surface area contributed by atoms with Gasteiger partial charge in [0.15, 0.2) is 0 Å². The van der Waals surface area contributed by atoms with Gasteiger partial charge in [0.1, 0.15) is 11.6 Å². The standard InChI is InChI=1S/C12H10ClF3N2O4S/c1-11(2)3-8-7(5-21-11)9(13)6(4-17)10(18-8)22-23(19,20)12(14,15)16/h3,5H2,1-2H3. The molecule has 2 heterocycles. The van der Waals surface area contributed by atoms with Crippen molar-refractivity contribution in [2.24, 2.45) is 0 Å². The summed E-state index contributed by atoms with van der Waals surface area (Å²) in [5, 5.41) is 8.80. The third-order valence-electron chi connectivity index (χ3n) is 3.07. The lowest BCUT2D eigenvalue weighted by atomic mass is 9.95. The van der Waals surface area contributed by atoms with Crippen LogP contribution in [0.15, 0.2) is 0 Å². The van der Waals surface area contributed by atoms with E-state index in [0.29, 0.717) is 5.56 Å². The van der Waals surface area contributed by atoms with Gasteiger partial charge in [0, 0.05) is 12.0 Å². The van der Waals surface area contributed by atoms with Crippen molar-refractivity contribution in [2.45, 2.75) is 38.0 Å². The number of rotatable bonds is 2. The highest BCUT2D eigenvalue weighted by atomic mass is 35.5. The molecule has 0 unspecified atom stereocenters. The van der Waals surface area contributed by atoms with Crippen LogP contribution in [0.25, 0.3) is 0 Å². The number of nitrogens with zero attached hydrogens (tertiary/aromatic N) is 2. The van der Waals surface area contributed by atoms with Crippen molar-refractivity contribution < 1.29 is 30.5 Å². The van der Waals surface area contributed by atoms with Crippen molar-refractivity contribution in [3.05, 3.63) is 21.8 Å². The quantitative estimate of drug-likeness (QED) is 0.587. The van der Waals surface area contributed by atoms with E-state index in [-0.39, 0.29) is 23.7 Å². The van der Waals surface area contributed by atoms with Crippen molar-refractivity contribution in [1.29, 1.82) is 5.26 Å². The van der Waals surface area contributed by atoms with Gasteiger partial charge in [-0.3, -0.25) is 0 Å². The summed E-state index contributed by atoms with van der Waals surface area (Å²) in [6, 6.07) is 1.50. The van der Waals surface area contributed by atoms with Crippen LogP contribution in [0, 0.1) is 11.3 Å². The molecule has 6 nitrogen and oxygen atoms in total. The molecule has 0 aliphatic carbocycles. The number of hydrogen-bond acceptors (Lipinski definition) is 6. The number of halogens is 4. The predicted octanol–water partition coefficient (Wildman–Crippen LogP) is 2.69. The van der Waals surface area contributed by atoms with Crippen LogP contribution in [0.4, 0.5) is 13.2 Å². The first-order chi connectivity index (χ1) is 10.4. The van der Waals surface area contributed by atoms with E-state index in [1.807, 2.05) is 0 Å². The van der Waals surface area contributed by atoms with Crippen LogP contribution in [0.3, 0.4) is 0 Å². The lowest BCUT2D eigenvalue weighted by Crippen LogP contribution is -2.33. The van der Waals surface area contributed by atoms with E-state index >= 15 is 0 Å². The fourth-order valence-corrected chi connectivity index (χ4v) is 2.65. The number of alkyl halides is 3. The van der Waals surface area contributed by atoms with Crippen molar-refractivity contribution in [3.63, 3.8) is 0 Å². The molecule has 11 heteroatoms. The molecule has 23 heavy (non-hydrogen) atoms. The first kappa shape index (κ1) is 17.8. The molecule has 0 radical (unpaired) electrons. The summed E-state index contributed by atoms with van der Waals surface area (Å²) in [6.07, 6.45) is 0.163. The Morgan fingerprint density at radius 2 is 2.04 bits per heavy atom. The smallest absolute Gasteiger partial charge is 0.370 e. The summed E-state index contributed by atoms with van der Waals surface area (Å²) >= 11 is 5.97. The molecule has 0 saturated heterocycles. The Morgan fingerprint density at radius 3 is 2.57 bits per heavy atom. The van der Waals surface area contributed by atoms with E-state index in [4.69, 9.17) is 21.6 Å². The molecule has 0 spiro atoms. The molecular formula is C12H10ClF3N2O4S. The highest BCUT2D eigenvalue weighted by molar-refractivity contribution is 7.87. The summed E-state index contributed by atoms with van der Waals surface area (Å²) in [7, 11) is -5.96. The Kier molecular flexibility index (Phi) is 4.26. The summed E-state index contributed by atoms with van der Waals surface area (Å²) < 4.78 is 69.1. The van der Waals surface area contributed by atoms with Crippen LogP contribution in [-0.4, -0.2) is 24.5 Å². The number of ether oxygens (including phenoxy) is 1. The molecule has 1 aliphatic heterocycles. The third-order valence-corrected chi connectivity index (χ3v) is 4.43. The predicted molar refractivity (Wildman–Crippen MR) is 72.1 cm³/mol. The van der Waals surface area contributed by atoms with Gasteiger partial charge in [-0.1, -0.05) is 11.6 Å². The van der Waals surface area contributed by atoms with E-state index in [1.54, 1.807) is 13.8 Å². The van der Waals surface area contributed by atoms with Gasteiger partial charge in [-0.05, 0) is 13.8 Å². The summed E-state index contributed by atoms with van der Waals surface area (Å²) in [4.78, 5) is 3.75. The van der Waals surface area contributed by atoms with Crippen LogP contribution in [0.2, 0.25) is 5.02 Å². The van der Waals surface area contributed by atoms with Crippen LogP contribution >= 0.6 is 11.6 Å². The van der Waals surface area contributed by atoms with Crippen molar-refractivity contribution >= 4 is 21.7 Å². The zero-order valence-electron chi connectivity index (χ0n) is 11.9. The summed E-state index contributed by atoms with van der Waals surface area (Å²) in [5.74, 6) is -0.994. The second-order valence-electron chi connectivity index (χ2n) is 5.35. The molecule has 0 fully saturated rings. The Bertz CT molecular complexity index is 800. The van der Waals surface area contributed by atoms with Gasteiger partial charge >= 0.3 is 15.6 Å². The number of fused-ring (bicyclic) bond motifs is 1. The van der Waals surface area contributed by atoms with E-state index in [2.05, 4.69) is 9.17 Å². The average molecular weight is 371 g/mol. The SMILES string of the molecule is CC1(C)Cc2nc(OS(=O)(=O)C(F)(F)F)c(C#N)c(Cl)c2CO1. The summed E-state index contributed by atoms with van der Waals surface area (Å²) in [6.45, 7) is 3.43. The Hall–Kier alpha value is -1.57. The van der Waals surface area contributed by atoms with Gasteiger partial charge < -0.3 is 8.92 Å². The lowest BCUT2D eigenvalue weighted by molar-refractivity contribution is -0.0504. The maximum Gasteiger partial charge on any atom is 0.534 e. The molecule has 0 bridgehead atoms. The van der Waals surface area contributed by atoms with Gasteiger partial charge in [-0.15, -0.1) is 0 Å². The van der Waals surface area contributed by atoms with Gasteiger partial charge in [-0.2, -0.15) is 26.9 Å². The highest BCUT2D eigenvalue weighted by Gasteiger charge is 2.49. The molecule has 0 saturated carbocycles. The van der Waals surface area contributed by atoms with Gasteiger partial charge in [0.25, 0.3) is 5.88 Å². The maximum absolute atomic E-state index is 12.4. The zero-order valence-corrected chi connectivity index (χ0v) is 13.4. The average Bonchev–Trinajstić information content (AvgIpc) is 2.35. The molecule has 1 aromatic heterocycles. The number of hydrogen-bond donors (Lipinski definition) is 0. The molecule has 1 aromatic rings. The minimum Gasteiger partial charge on any atom is -0.370 e. The lowest BCUT2D eigenvalue weighted by Gasteiger charge is -2.31. The monoisotopic (exact) mass is 370 g/mol. The Balaban J connectivity index is 2.58. The molecule has 1 aliphatic rings. The molecule has 0 aromatic carbocycles. The second-order valence-corrected chi connectivity index (χ2v) is 7.27. The fraction of sp³-hybridized carbons (Fsp3) is 0.500. The van der Waals surface area contributed by atoms with Crippen molar-refractivity contribution in [2.75, 3.05) is 0 Å². The molecule has 0 atom stereocenters. The molecular weight excluding hydrogens is 361 g/mol. The minimum atomic E-state index is -5.96. The normalized spacial score (nSPS) is 17.3. The zero-order chi connectivity index (χ0) is 17.6. The first-order valence-corrected chi connectivity index (χ1v) is 7.92. The molecule has 0 N–H and O–H groups in total. The van der Waals surface area contributed by atoms with Gasteiger partial charge in [0.05, 0.1) is 22.9 Å². The molecule has 2 rings (SSSR count). The molecule has 0 amide bonds. The Labute approximate surface area is 134 Å². The first-order valence-electron chi connectivity index (χ1n) is 6.14. The number of pyridine rings is 1. The largest absolute Gasteiger partial charge is 0.534 e. The maximum atomic E-state index is 12.4. The van der Waals surface area contributed by atoms with Crippen molar-refractivity contribution in [1.82, 2.24) is 4.98 Å². The topological polar surface area (TPSA) is 89.3 Å². The fourth-order valence-electron chi connectivity index (χ4n) is 1.94. The second kappa shape index (κ2) is 5.51. The van der Waals surface area contributed by atoms with Crippen molar-refractivity contribution in [3.8, 4) is 11.9 Å². The number of nitriles is 1. The summed E-state index contributed by atoms with van der Waals surface area (Å²) in [5.41, 5.74) is -6.37. The van der Waals surface area contributed by atoms with E-state index in [9.17, 15) is 21.6 Å². The minimum absolute atomic E-state index is 0.00481. The Morgan fingerprint density at radius 1 is 1.43 bits per heavy atom.